The predicted molar refractivity (Wildman–Crippen MR) is 96.4 cm³/mol. The van der Waals surface area contributed by atoms with Gasteiger partial charge in [-0.1, -0.05) is 18.2 Å². The number of aliphatic hydroxyl groups is 1. The maximum Gasteiger partial charge on any atom is 0.0791 e. The van der Waals surface area contributed by atoms with Gasteiger partial charge in [0.25, 0.3) is 0 Å². The maximum absolute atomic E-state index is 10.2. The molecule has 1 fully saturated rings. The second kappa shape index (κ2) is 7.92. The highest BCUT2D eigenvalue weighted by molar-refractivity contribution is 5.36. The highest BCUT2D eigenvalue weighted by atomic mass is 16.3. The first kappa shape index (κ1) is 17.1. The molecule has 0 radical (unpaired) electrons. The van der Waals surface area contributed by atoms with Crippen LogP contribution in [0.2, 0.25) is 0 Å². The minimum Gasteiger partial charge on any atom is -0.390 e. The lowest BCUT2D eigenvalue weighted by atomic mass is 10.2. The second-order valence-electron chi connectivity index (χ2n) is 6.69. The van der Waals surface area contributed by atoms with Gasteiger partial charge < -0.3 is 15.3 Å². The fourth-order valence-corrected chi connectivity index (χ4v) is 3.44. The summed E-state index contributed by atoms with van der Waals surface area (Å²) in [6.07, 6.45) is 2.21. The van der Waals surface area contributed by atoms with Crippen molar-refractivity contribution in [2.45, 2.75) is 39.3 Å². The topological polar surface area (TPSA) is 53.3 Å². The molecule has 0 aliphatic carbocycles. The number of nitrogens with zero attached hydrogens (tertiary/aromatic N) is 3. The van der Waals surface area contributed by atoms with Crippen molar-refractivity contribution < 1.29 is 5.11 Å². The van der Waals surface area contributed by atoms with E-state index in [-0.39, 0.29) is 6.10 Å². The number of rotatable bonds is 7. The molecule has 5 nitrogen and oxygen atoms in total. The van der Waals surface area contributed by atoms with Crippen molar-refractivity contribution in [2.75, 3.05) is 26.2 Å². The minimum atomic E-state index is -0.312. The number of hydrogen-bond donors (Lipinski definition) is 2. The third-order valence-electron chi connectivity index (χ3n) is 4.79. The van der Waals surface area contributed by atoms with E-state index in [1.54, 1.807) is 0 Å². The molecule has 1 aliphatic rings. The zero-order chi connectivity index (χ0) is 16.9. The molecule has 0 spiro atoms. The van der Waals surface area contributed by atoms with Gasteiger partial charge in [0.2, 0.25) is 0 Å². The van der Waals surface area contributed by atoms with Crippen molar-refractivity contribution in [3.63, 3.8) is 0 Å². The molecule has 24 heavy (non-hydrogen) atoms. The van der Waals surface area contributed by atoms with E-state index in [0.29, 0.717) is 6.54 Å². The molecular weight excluding hydrogens is 300 g/mol. The van der Waals surface area contributed by atoms with Gasteiger partial charge in [-0.15, -0.1) is 0 Å². The Morgan fingerprint density at radius 1 is 1.17 bits per heavy atom. The van der Waals surface area contributed by atoms with Crippen molar-refractivity contribution >= 4 is 0 Å². The van der Waals surface area contributed by atoms with Gasteiger partial charge in [-0.3, -0.25) is 0 Å². The molecule has 0 amide bonds. The van der Waals surface area contributed by atoms with Gasteiger partial charge in [0.15, 0.2) is 0 Å². The zero-order valence-electron chi connectivity index (χ0n) is 14.7. The van der Waals surface area contributed by atoms with Gasteiger partial charge in [0.05, 0.1) is 17.5 Å². The van der Waals surface area contributed by atoms with Crippen LogP contribution in [0.1, 0.15) is 29.8 Å². The normalized spacial score (nSPS) is 16.6. The number of likely N-dealkylation sites (tertiary alicyclic amines) is 1. The lowest BCUT2D eigenvalue weighted by Gasteiger charge is -2.19. The van der Waals surface area contributed by atoms with Crippen LogP contribution in [-0.2, 0) is 6.54 Å². The number of β-amino-alcohol motifs (C(OH)–C–C–N with tert-alkyl or cyclic N) is 1. The van der Waals surface area contributed by atoms with Crippen LogP contribution in [0.15, 0.2) is 30.3 Å². The molecule has 1 aromatic carbocycles. The Hall–Kier alpha value is -1.69. The standard InChI is InChI=1S/C19H28N4O/c1-15-19(13-20-12-18(24)14-22-10-6-7-11-22)16(2)23(21-15)17-8-4-3-5-9-17/h3-5,8-9,18,20,24H,6-7,10-14H2,1-2H3. The average molecular weight is 328 g/mol. The van der Waals surface area contributed by atoms with Crippen LogP contribution in [0.25, 0.3) is 5.69 Å². The van der Waals surface area contributed by atoms with Crippen molar-refractivity contribution in [2.24, 2.45) is 0 Å². The minimum absolute atomic E-state index is 0.312. The molecule has 1 unspecified atom stereocenters. The Morgan fingerprint density at radius 3 is 2.58 bits per heavy atom. The fourth-order valence-electron chi connectivity index (χ4n) is 3.44. The first-order valence-corrected chi connectivity index (χ1v) is 8.87. The molecule has 2 N–H and O–H groups in total. The average Bonchev–Trinajstić information content (AvgIpc) is 3.18. The Labute approximate surface area is 144 Å². The molecule has 2 heterocycles. The van der Waals surface area contributed by atoms with Gasteiger partial charge in [0, 0.05) is 30.9 Å². The lowest BCUT2D eigenvalue weighted by Crippen LogP contribution is -2.36. The number of para-hydroxylation sites is 1. The van der Waals surface area contributed by atoms with Crippen LogP contribution in [0.5, 0.6) is 0 Å². The van der Waals surface area contributed by atoms with Crippen molar-refractivity contribution in [1.82, 2.24) is 20.0 Å². The van der Waals surface area contributed by atoms with E-state index in [1.165, 1.54) is 18.4 Å². The number of aliphatic hydroxyl groups excluding tert-OH is 1. The summed E-state index contributed by atoms with van der Waals surface area (Å²) in [5.41, 5.74) is 4.49. The van der Waals surface area contributed by atoms with E-state index in [4.69, 9.17) is 0 Å². The smallest absolute Gasteiger partial charge is 0.0791 e. The Morgan fingerprint density at radius 2 is 1.88 bits per heavy atom. The van der Waals surface area contributed by atoms with E-state index in [9.17, 15) is 5.11 Å². The third-order valence-corrected chi connectivity index (χ3v) is 4.79. The Balaban J connectivity index is 1.56. The van der Waals surface area contributed by atoms with Gasteiger partial charge in [0.1, 0.15) is 0 Å². The summed E-state index contributed by atoms with van der Waals surface area (Å²) in [5.74, 6) is 0. The molecule has 2 aromatic rings. The second-order valence-corrected chi connectivity index (χ2v) is 6.69. The Kier molecular flexibility index (Phi) is 5.66. The van der Waals surface area contributed by atoms with Crippen molar-refractivity contribution in [1.29, 1.82) is 0 Å². The molecule has 1 saturated heterocycles. The number of aryl methyl sites for hydroxylation is 1. The molecule has 1 aliphatic heterocycles. The maximum atomic E-state index is 10.2. The highest BCUT2D eigenvalue weighted by Crippen LogP contribution is 2.17. The summed E-state index contributed by atoms with van der Waals surface area (Å²) >= 11 is 0. The molecule has 3 rings (SSSR count). The molecule has 0 bridgehead atoms. The first-order valence-electron chi connectivity index (χ1n) is 8.87. The van der Waals surface area contributed by atoms with Gasteiger partial charge in [-0.2, -0.15) is 5.10 Å². The van der Waals surface area contributed by atoms with Crippen LogP contribution in [0.3, 0.4) is 0 Å². The lowest BCUT2D eigenvalue weighted by molar-refractivity contribution is 0.123. The summed E-state index contributed by atoms with van der Waals surface area (Å²) in [6.45, 7) is 8.52. The molecule has 5 heteroatoms. The van der Waals surface area contributed by atoms with Gasteiger partial charge >= 0.3 is 0 Å². The zero-order valence-corrected chi connectivity index (χ0v) is 14.7. The van der Waals surface area contributed by atoms with Crippen molar-refractivity contribution in [3.8, 4) is 5.69 Å². The summed E-state index contributed by atoms with van der Waals surface area (Å²) in [4.78, 5) is 2.34. The predicted octanol–water partition coefficient (Wildman–Crippen LogP) is 2.04. The van der Waals surface area contributed by atoms with Crippen LogP contribution in [0, 0.1) is 13.8 Å². The van der Waals surface area contributed by atoms with E-state index >= 15 is 0 Å². The number of aromatic nitrogens is 2. The van der Waals surface area contributed by atoms with Crippen LogP contribution in [0.4, 0.5) is 0 Å². The summed E-state index contributed by atoms with van der Waals surface area (Å²) < 4.78 is 1.99. The third kappa shape index (κ3) is 4.04. The quantitative estimate of drug-likeness (QED) is 0.817. The van der Waals surface area contributed by atoms with E-state index in [2.05, 4.69) is 34.4 Å². The monoisotopic (exact) mass is 328 g/mol. The van der Waals surface area contributed by atoms with Crippen LogP contribution in [-0.4, -0.2) is 52.1 Å². The van der Waals surface area contributed by atoms with Gasteiger partial charge in [-0.05, 0) is 51.9 Å². The highest BCUT2D eigenvalue weighted by Gasteiger charge is 2.16. The largest absolute Gasteiger partial charge is 0.390 e. The molecule has 0 saturated carbocycles. The summed E-state index contributed by atoms with van der Waals surface area (Å²) in [7, 11) is 0. The number of benzene rings is 1. The van der Waals surface area contributed by atoms with E-state index < -0.39 is 0 Å². The van der Waals surface area contributed by atoms with Crippen LogP contribution < -0.4 is 5.32 Å². The molecular formula is C19H28N4O. The number of hydrogen-bond acceptors (Lipinski definition) is 4. The van der Waals surface area contributed by atoms with Crippen LogP contribution >= 0.6 is 0 Å². The fraction of sp³-hybridized carbons (Fsp3) is 0.526. The number of nitrogens with one attached hydrogen (secondary N) is 1. The summed E-state index contributed by atoms with van der Waals surface area (Å²) in [5, 5.41) is 18.2. The molecule has 1 atom stereocenters. The molecule has 1 aromatic heterocycles. The van der Waals surface area contributed by atoms with E-state index in [0.717, 1.165) is 43.3 Å². The molecule has 130 valence electrons. The summed E-state index contributed by atoms with van der Waals surface area (Å²) in [6, 6.07) is 10.2. The Bertz CT molecular complexity index is 647. The van der Waals surface area contributed by atoms with Crippen molar-refractivity contribution in [3.05, 3.63) is 47.3 Å². The SMILES string of the molecule is Cc1nn(-c2ccccc2)c(C)c1CNCC(O)CN1CCCC1. The van der Waals surface area contributed by atoms with E-state index in [1.807, 2.05) is 29.8 Å². The first-order chi connectivity index (χ1) is 11.6. The van der Waals surface area contributed by atoms with Gasteiger partial charge in [-0.25, -0.2) is 4.68 Å².